The zero-order valence-electron chi connectivity index (χ0n) is 14.5. The molecule has 1 amide bonds. The Labute approximate surface area is 158 Å². The molecule has 3 aromatic rings. The van der Waals surface area contributed by atoms with Crippen LogP contribution in [-0.2, 0) is 9.53 Å². The SMILES string of the molecule is COc1ccc(OC)c(-c2csc(NC(=O)COC(=O)c3ccn[nH]3)n2)c1. The molecule has 27 heavy (non-hydrogen) atoms. The summed E-state index contributed by atoms with van der Waals surface area (Å²) in [6, 6.07) is 6.81. The number of rotatable bonds is 7. The molecular formula is C17H16N4O5S. The van der Waals surface area contributed by atoms with E-state index in [1.807, 2.05) is 0 Å². The van der Waals surface area contributed by atoms with Crippen LogP contribution in [0.3, 0.4) is 0 Å². The summed E-state index contributed by atoms with van der Waals surface area (Å²) in [5.41, 5.74) is 1.53. The van der Waals surface area contributed by atoms with Gasteiger partial charge in [0.25, 0.3) is 5.91 Å². The zero-order valence-corrected chi connectivity index (χ0v) is 15.3. The zero-order chi connectivity index (χ0) is 19.2. The number of aromatic amines is 1. The van der Waals surface area contributed by atoms with Crippen molar-refractivity contribution in [1.82, 2.24) is 15.2 Å². The van der Waals surface area contributed by atoms with Gasteiger partial charge >= 0.3 is 5.97 Å². The van der Waals surface area contributed by atoms with Crippen molar-refractivity contribution in [2.24, 2.45) is 0 Å². The molecule has 2 aromatic heterocycles. The molecule has 0 aliphatic heterocycles. The minimum absolute atomic E-state index is 0.171. The Kier molecular flexibility index (Phi) is 5.67. The van der Waals surface area contributed by atoms with Crippen LogP contribution in [0, 0.1) is 0 Å². The van der Waals surface area contributed by atoms with Crippen LogP contribution in [0.25, 0.3) is 11.3 Å². The summed E-state index contributed by atoms with van der Waals surface area (Å²) in [6.45, 7) is -0.435. The number of carbonyl (C=O) groups is 2. The van der Waals surface area contributed by atoms with Crippen molar-refractivity contribution >= 4 is 28.3 Å². The molecule has 0 aliphatic carbocycles. The molecule has 0 saturated carbocycles. The molecule has 10 heteroatoms. The van der Waals surface area contributed by atoms with Gasteiger partial charge in [0.2, 0.25) is 0 Å². The van der Waals surface area contributed by atoms with Crippen LogP contribution >= 0.6 is 11.3 Å². The molecule has 2 N–H and O–H groups in total. The average molecular weight is 388 g/mol. The molecular weight excluding hydrogens is 372 g/mol. The van der Waals surface area contributed by atoms with Crippen LogP contribution in [0.5, 0.6) is 11.5 Å². The molecule has 1 aromatic carbocycles. The lowest BCUT2D eigenvalue weighted by Crippen LogP contribution is -2.21. The fraction of sp³-hybridized carbons (Fsp3) is 0.176. The third kappa shape index (κ3) is 4.42. The number of methoxy groups -OCH3 is 2. The van der Waals surface area contributed by atoms with Gasteiger partial charge in [-0.25, -0.2) is 9.78 Å². The minimum atomic E-state index is -0.663. The van der Waals surface area contributed by atoms with Gasteiger partial charge in [-0.2, -0.15) is 5.10 Å². The molecule has 0 aliphatic rings. The van der Waals surface area contributed by atoms with Crippen molar-refractivity contribution in [3.8, 4) is 22.8 Å². The van der Waals surface area contributed by atoms with Crippen LogP contribution in [0.2, 0.25) is 0 Å². The van der Waals surface area contributed by atoms with Gasteiger partial charge in [-0.05, 0) is 24.3 Å². The summed E-state index contributed by atoms with van der Waals surface area (Å²) < 4.78 is 15.5. The highest BCUT2D eigenvalue weighted by Crippen LogP contribution is 2.34. The summed E-state index contributed by atoms with van der Waals surface area (Å²) in [5, 5.41) is 10.9. The van der Waals surface area contributed by atoms with Gasteiger partial charge in [0.15, 0.2) is 11.7 Å². The molecule has 0 unspecified atom stereocenters. The van der Waals surface area contributed by atoms with Crippen molar-refractivity contribution in [2.75, 3.05) is 26.1 Å². The average Bonchev–Trinajstić information content (AvgIpc) is 3.37. The first-order valence-electron chi connectivity index (χ1n) is 7.75. The van der Waals surface area contributed by atoms with Gasteiger partial charge in [-0.15, -0.1) is 11.3 Å². The number of H-pyrrole nitrogens is 1. The molecule has 0 spiro atoms. The number of ether oxygens (including phenoxy) is 3. The van der Waals surface area contributed by atoms with Gasteiger partial charge in [0, 0.05) is 17.1 Å². The van der Waals surface area contributed by atoms with E-state index in [4.69, 9.17) is 14.2 Å². The van der Waals surface area contributed by atoms with E-state index in [1.165, 1.54) is 23.6 Å². The van der Waals surface area contributed by atoms with E-state index < -0.39 is 18.5 Å². The first kappa shape index (κ1) is 18.4. The summed E-state index contributed by atoms with van der Waals surface area (Å²) in [6.07, 6.45) is 1.42. The van der Waals surface area contributed by atoms with Gasteiger partial charge in [-0.1, -0.05) is 0 Å². The molecule has 9 nitrogen and oxygen atoms in total. The Morgan fingerprint density at radius 2 is 2.07 bits per heavy atom. The summed E-state index contributed by atoms with van der Waals surface area (Å²) in [4.78, 5) is 28.0. The van der Waals surface area contributed by atoms with Crippen LogP contribution in [0.15, 0.2) is 35.8 Å². The van der Waals surface area contributed by atoms with E-state index in [-0.39, 0.29) is 5.69 Å². The molecule has 0 bridgehead atoms. The molecule has 2 heterocycles. The number of aromatic nitrogens is 3. The largest absolute Gasteiger partial charge is 0.497 e. The molecule has 0 atom stereocenters. The number of thiazole rings is 1. The van der Waals surface area contributed by atoms with Gasteiger partial charge in [-0.3, -0.25) is 15.2 Å². The number of carbonyl (C=O) groups excluding carboxylic acids is 2. The number of esters is 1. The first-order valence-corrected chi connectivity index (χ1v) is 8.63. The number of benzene rings is 1. The van der Waals surface area contributed by atoms with E-state index in [0.29, 0.717) is 22.3 Å². The second-order valence-corrected chi connectivity index (χ2v) is 6.06. The number of amides is 1. The fourth-order valence-electron chi connectivity index (χ4n) is 2.20. The summed E-state index contributed by atoms with van der Waals surface area (Å²) >= 11 is 1.24. The van der Waals surface area contributed by atoms with Crippen LogP contribution < -0.4 is 14.8 Å². The number of hydrogen-bond acceptors (Lipinski definition) is 8. The first-order chi connectivity index (χ1) is 13.1. The third-order valence-electron chi connectivity index (χ3n) is 3.49. The number of anilines is 1. The van der Waals surface area contributed by atoms with Gasteiger partial charge in [0.1, 0.15) is 17.2 Å². The maximum atomic E-state index is 12.0. The normalized spacial score (nSPS) is 10.3. The maximum absolute atomic E-state index is 12.0. The van der Waals surface area contributed by atoms with Crippen LogP contribution in [0.1, 0.15) is 10.5 Å². The molecule has 0 fully saturated rings. The maximum Gasteiger partial charge on any atom is 0.356 e. The fourth-order valence-corrected chi connectivity index (χ4v) is 2.93. The monoisotopic (exact) mass is 388 g/mol. The van der Waals surface area contributed by atoms with Crippen molar-refractivity contribution in [2.45, 2.75) is 0 Å². The highest BCUT2D eigenvalue weighted by molar-refractivity contribution is 7.14. The standard InChI is InChI=1S/C17H16N4O5S/c1-24-10-3-4-14(25-2)11(7-10)13-9-27-17(19-13)20-15(22)8-26-16(23)12-5-6-18-21-12/h3-7,9H,8H2,1-2H3,(H,18,21)(H,19,20,22). The lowest BCUT2D eigenvalue weighted by molar-refractivity contribution is -0.119. The quantitative estimate of drug-likeness (QED) is 0.597. The van der Waals surface area contributed by atoms with Gasteiger partial charge < -0.3 is 14.2 Å². The predicted octanol–water partition coefficient (Wildman–Crippen LogP) is 2.35. The van der Waals surface area contributed by atoms with Crippen molar-refractivity contribution in [3.05, 3.63) is 41.5 Å². The molecule has 3 rings (SSSR count). The van der Waals surface area contributed by atoms with Crippen molar-refractivity contribution in [1.29, 1.82) is 0 Å². The lowest BCUT2D eigenvalue weighted by atomic mass is 10.1. The van der Waals surface area contributed by atoms with Crippen molar-refractivity contribution < 1.29 is 23.8 Å². The molecule has 0 radical (unpaired) electrons. The van der Waals surface area contributed by atoms with E-state index in [2.05, 4.69) is 20.5 Å². The van der Waals surface area contributed by atoms with Crippen molar-refractivity contribution in [3.63, 3.8) is 0 Å². The Balaban J connectivity index is 1.64. The Morgan fingerprint density at radius 1 is 1.22 bits per heavy atom. The van der Waals surface area contributed by atoms with Crippen LogP contribution in [-0.4, -0.2) is 47.9 Å². The minimum Gasteiger partial charge on any atom is -0.497 e. The number of nitrogens with zero attached hydrogens (tertiary/aromatic N) is 2. The van der Waals surface area contributed by atoms with Crippen LogP contribution in [0.4, 0.5) is 5.13 Å². The highest BCUT2D eigenvalue weighted by Gasteiger charge is 2.15. The van der Waals surface area contributed by atoms with E-state index in [9.17, 15) is 9.59 Å². The van der Waals surface area contributed by atoms with E-state index in [0.717, 1.165) is 5.56 Å². The third-order valence-corrected chi connectivity index (χ3v) is 4.25. The molecule has 140 valence electrons. The summed E-state index contributed by atoms with van der Waals surface area (Å²) in [7, 11) is 3.14. The second-order valence-electron chi connectivity index (χ2n) is 5.20. The number of hydrogen-bond donors (Lipinski definition) is 2. The summed E-state index contributed by atoms with van der Waals surface area (Å²) in [5.74, 6) is 0.132. The van der Waals surface area contributed by atoms with Gasteiger partial charge in [0.05, 0.1) is 19.9 Å². The predicted molar refractivity (Wildman–Crippen MR) is 98.2 cm³/mol. The highest BCUT2D eigenvalue weighted by atomic mass is 32.1. The smallest absolute Gasteiger partial charge is 0.356 e. The topological polar surface area (TPSA) is 115 Å². The Hall–Kier alpha value is -3.40. The van der Waals surface area contributed by atoms with E-state index >= 15 is 0 Å². The Morgan fingerprint density at radius 3 is 2.78 bits per heavy atom. The Bertz CT molecular complexity index is 939. The molecule has 0 saturated heterocycles. The lowest BCUT2D eigenvalue weighted by Gasteiger charge is -2.08. The number of nitrogens with one attached hydrogen (secondary N) is 2. The van der Waals surface area contributed by atoms with E-state index in [1.54, 1.807) is 37.8 Å². The second kappa shape index (κ2) is 8.32.